The van der Waals surface area contributed by atoms with E-state index in [4.69, 9.17) is 4.74 Å². The summed E-state index contributed by atoms with van der Waals surface area (Å²) < 4.78 is 5.56. The van der Waals surface area contributed by atoms with E-state index >= 15 is 0 Å². The maximum absolute atomic E-state index is 13.4. The van der Waals surface area contributed by atoms with Crippen LogP contribution in [0.5, 0.6) is 0 Å². The van der Waals surface area contributed by atoms with E-state index in [0.29, 0.717) is 18.8 Å². The molecule has 0 aromatic rings. The van der Waals surface area contributed by atoms with Crippen LogP contribution in [0.3, 0.4) is 0 Å². The number of carbonyl (C=O) groups is 2. The van der Waals surface area contributed by atoms with Crippen molar-refractivity contribution in [3.8, 4) is 0 Å². The van der Waals surface area contributed by atoms with Crippen LogP contribution in [0.4, 0.5) is 0 Å². The number of esters is 1. The Bertz CT molecular complexity index is 996. The van der Waals surface area contributed by atoms with E-state index in [1.165, 1.54) is 0 Å². The van der Waals surface area contributed by atoms with Crippen molar-refractivity contribution in [3.63, 3.8) is 0 Å². The van der Waals surface area contributed by atoms with Crippen LogP contribution in [0.2, 0.25) is 0 Å². The van der Waals surface area contributed by atoms with Crippen LogP contribution >= 0.6 is 0 Å². The number of aliphatic hydroxyl groups is 3. The van der Waals surface area contributed by atoms with Crippen molar-refractivity contribution in [3.05, 3.63) is 0 Å². The fraction of sp³-hybridized carbons (Fsp3) is 0.931. The van der Waals surface area contributed by atoms with Crippen molar-refractivity contribution in [1.82, 2.24) is 0 Å². The first kappa shape index (κ1) is 24.4. The van der Waals surface area contributed by atoms with Crippen LogP contribution in [0.25, 0.3) is 0 Å². The molecule has 196 valence electrons. The Morgan fingerprint density at radius 2 is 1.40 bits per heavy atom. The second-order valence-electron chi connectivity index (χ2n) is 14.6. The average Bonchev–Trinajstić information content (AvgIpc) is 2.93. The summed E-state index contributed by atoms with van der Waals surface area (Å²) in [4.78, 5) is 26.2. The first-order chi connectivity index (χ1) is 16.1. The van der Waals surface area contributed by atoms with Gasteiger partial charge in [0, 0.05) is 17.3 Å². The summed E-state index contributed by atoms with van der Waals surface area (Å²) in [5.41, 5.74) is -1.26. The van der Waals surface area contributed by atoms with Gasteiger partial charge in [0.1, 0.15) is 12.2 Å². The van der Waals surface area contributed by atoms with Gasteiger partial charge in [-0.2, -0.15) is 0 Å². The number of hydrogen-bond acceptors (Lipinski definition) is 6. The fourth-order valence-electron chi connectivity index (χ4n) is 11.6. The van der Waals surface area contributed by atoms with Gasteiger partial charge < -0.3 is 20.1 Å². The third kappa shape index (κ3) is 2.40. The SMILES string of the molecule is CC1CC2C(C)(CCC3(C)C4CCC56C(=O)OC(O)(C(O)CC5C4(C)CCC23C)C6C)C(O)C1=O. The number of rotatable bonds is 0. The van der Waals surface area contributed by atoms with Gasteiger partial charge in [-0.3, -0.25) is 9.59 Å². The predicted molar refractivity (Wildman–Crippen MR) is 129 cm³/mol. The van der Waals surface area contributed by atoms with Crippen molar-refractivity contribution in [2.45, 2.75) is 111 Å². The normalized spacial score (nSPS) is 63.4. The minimum atomic E-state index is -1.77. The van der Waals surface area contributed by atoms with E-state index in [-0.39, 0.29) is 51.2 Å². The molecule has 3 N–H and O–H groups in total. The zero-order valence-electron chi connectivity index (χ0n) is 22.3. The van der Waals surface area contributed by atoms with Gasteiger partial charge in [-0.25, -0.2) is 0 Å². The molecule has 0 aromatic carbocycles. The van der Waals surface area contributed by atoms with Gasteiger partial charge in [0.2, 0.25) is 5.79 Å². The van der Waals surface area contributed by atoms with Crippen LogP contribution < -0.4 is 0 Å². The standard InChI is InChI=1S/C29H44O6/c1-15-13-18-25(4,22(32)21(15)31)10-12-26(5)17-7-8-28-16(2)29(34,35-23(28)33)20(30)14-19(28)24(17,3)9-11-27(18,26)6/h15-20,22,30,32,34H,7-14H2,1-6H3. The Morgan fingerprint density at radius 1 is 0.800 bits per heavy atom. The quantitative estimate of drug-likeness (QED) is 0.448. The Hall–Kier alpha value is -0.980. The van der Waals surface area contributed by atoms with E-state index in [2.05, 4.69) is 27.7 Å². The molecule has 2 bridgehead atoms. The van der Waals surface area contributed by atoms with E-state index in [1.54, 1.807) is 0 Å². The first-order valence-electron chi connectivity index (χ1n) is 14.0. The summed E-state index contributed by atoms with van der Waals surface area (Å²) in [6, 6.07) is 0. The zero-order valence-corrected chi connectivity index (χ0v) is 22.3. The lowest BCUT2D eigenvalue weighted by molar-refractivity contribution is -0.292. The highest BCUT2D eigenvalue weighted by molar-refractivity contribution is 5.86. The number of aliphatic hydroxyl groups excluding tert-OH is 2. The number of carbonyl (C=O) groups excluding carboxylic acids is 2. The average molecular weight is 489 g/mol. The van der Waals surface area contributed by atoms with Gasteiger partial charge in [0.25, 0.3) is 0 Å². The number of hydrogen-bond donors (Lipinski definition) is 3. The number of Topliss-reactive ketones (excluding diaryl/α,β-unsaturated/α-hetero) is 1. The first-order valence-corrected chi connectivity index (χ1v) is 14.0. The molecule has 5 saturated carbocycles. The molecule has 1 heterocycles. The van der Waals surface area contributed by atoms with Gasteiger partial charge in [-0.1, -0.05) is 41.5 Å². The second-order valence-corrected chi connectivity index (χ2v) is 14.6. The Kier molecular flexibility index (Phi) is 4.67. The highest BCUT2D eigenvalue weighted by Gasteiger charge is 2.79. The topological polar surface area (TPSA) is 104 Å². The van der Waals surface area contributed by atoms with Gasteiger partial charge in [-0.15, -0.1) is 0 Å². The summed E-state index contributed by atoms with van der Waals surface area (Å²) >= 11 is 0. The zero-order chi connectivity index (χ0) is 25.6. The summed E-state index contributed by atoms with van der Waals surface area (Å²) in [6.07, 6.45) is 4.63. The van der Waals surface area contributed by atoms with Gasteiger partial charge in [0.05, 0.1) is 5.41 Å². The Labute approximate surface area is 209 Å². The fourth-order valence-corrected chi connectivity index (χ4v) is 11.6. The van der Waals surface area contributed by atoms with Crippen LogP contribution in [-0.4, -0.2) is 45.1 Å². The van der Waals surface area contributed by atoms with E-state index in [1.807, 2.05) is 13.8 Å². The summed E-state index contributed by atoms with van der Waals surface area (Å²) in [7, 11) is 0. The van der Waals surface area contributed by atoms with Crippen molar-refractivity contribution >= 4 is 11.8 Å². The molecule has 6 fully saturated rings. The number of ether oxygens (including phenoxy) is 1. The number of fused-ring (bicyclic) bond motifs is 7. The minimum absolute atomic E-state index is 0.00798. The molecule has 0 amide bonds. The lowest BCUT2D eigenvalue weighted by atomic mass is 9.30. The molecule has 35 heavy (non-hydrogen) atoms. The molecule has 1 saturated heterocycles. The maximum Gasteiger partial charge on any atom is 0.315 e. The molecule has 13 unspecified atom stereocenters. The highest BCUT2D eigenvalue weighted by atomic mass is 16.7. The molecule has 6 heteroatoms. The molecule has 13 atom stereocenters. The van der Waals surface area contributed by atoms with E-state index in [0.717, 1.165) is 38.5 Å². The van der Waals surface area contributed by atoms with Crippen molar-refractivity contribution in [2.24, 2.45) is 56.7 Å². The molecule has 6 aliphatic rings. The third-order valence-electron chi connectivity index (χ3n) is 14.0. The summed E-state index contributed by atoms with van der Waals surface area (Å²) in [5.74, 6) is -2.00. The van der Waals surface area contributed by atoms with E-state index < -0.39 is 29.3 Å². The Morgan fingerprint density at radius 3 is 2.06 bits per heavy atom. The van der Waals surface area contributed by atoms with Crippen LogP contribution in [0.15, 0.2) is 0 Å². The lowest BCUT2D eigenvalue weighted by Crippen LogP contribution is -2.71. The molecule has 0 aromatic heterocycles. The van der Waals surface area contributed by atoms with Crippen LogP contribution in [0.1, 0.15) is 92.9 Å². The summed E-state index contributed by atoms with van der Waals surface area (Å²) in [6.45, 7) is 13.2. The molecular weight excluding hydrogens is 444 g/mol. The monoisotopic (exact) mass is 488 g/mol. The Balaban J connectivity index is 1.43. The number of ketones is 1. The summed E-state index contributed by atoms with van der Waals surface area (Å²) in [5, 5.41) is 33.3. The molecule has 6 rings (SSSR count). The molecule has 1 spiro atoms. The largest absolute Gasteiger partial charge is 0.430 e. The molecule has 5 aliphatic carbocycles. The second kappa shape index (κ2) is 6.71. The van der Waals surface area contributed by atoms with Crippen LogP contribution in [-0.2, 0) is 14.3 Å². The maximum atomic E-state index is 13.4. The molecular formula is C29H44O6. The van der Waals surface area contributed by atoms with Gasteiger partial charge in [0.15, 0.2) is 5.78 Å². The van der Waals surface area contributed by atoms with Crippen LogP contribution in [0, 0.1) is 56.7 Å². The van der Waals surface area contributed by atoms with Gasteiger partial charge in [-0.05, 0) is 85.4 Å². The molecule has 0 radical (unpaired) electrons. The molecule has 1 aliphatic heterocycles. The van der Waals surface area contributed by atoms with Crippen molar-refractivity contribution in [2.75, 3.05) is 0 Å². The third-order valence-corrected chi connectivity index (χ3v) is 14.0. The predicted octanol–water partition coefficient (Wildman–Crippen LogP) is 3.84. The smallest absolute Gasteiger partial charge is 0.315 e. The minimum Gasteiger partial charge on any atom is -0.430 e. The van der Waals surface area contributed by atoms with Crippen molar-refractivity contribution in [1.29, 1.82) is 0 Å². The van der Waals surface area contributed by atoms with Crippen molar-refractivity contribution < 1.29 is 29.6 Å². The highest BCUT2D eigenvalue weighted by Crippen LogP contribution is 2.79. The van der Waals surface area contributed by atoms with E-state index in [9.17, 15) is 24.9 Å². The molecule has 6 nitrogen and oxygen atoms in total. The lowest BCUT2D eigenvalue weighted by Gasteiger charge is -2.74. The van der Waals surface area contributed by atoms with Gasteiger partial charge >= 0.3 is 5.97 Å².